The van der Waals surface area contributed by atoms with E-state index in [4.69, 9.17) is 23.5 Å². The lowest BCUT2D eigenvalue weighted by Crippen LogP contribution is -2.20. The Labute approximate surface area is 164 Å². The first-order chi connectivity index (χ1) is 13.4. The highest BCUT2D eigenvalue weighted by atomic mass is 31.2. The number of ether oxygens (including phenoxy) is 4. The Morgan fingerprint density at radius 1 is 0.964 bits per heavy atom. The van der Waals surface area contributed by atoms with Crippen LogP contribution >= 0.6 is 7.60 Å². The molecule has 154 valence electrons. The van der Waals surface area contributed by atoms with E-state index < -0.39 is 13.4 Å². The van der Waals surface area contributed by atoms with Crippen LogP contribution in [0.25, 0.3) is 0 Å². The fourth-order valence-electron chi connectivity index (χ4n) is 2.70. The number of anilines is 1. The van der Waals surface area contributed by atoms with Crippen LogP contribution in [0.2, 0.25) is 0 Å². The molecular formula is C19H25NO7P-. The summed E-state index contributed by atoms with van der Waals surface area (Å²) in [5.41, 5.74) is 0.965. The molecular weight excluding hydrogens is 385 g/mol. The SMILES string of the molecule is CCOP(=O)([O-])C(Nc1ccc(OC)cc1)c1cc(OC)c(OC)c(OC)c1. The number of methoxy groups -OCH3 is 4. The predicted molar refractivity (Wildman–Crippen MR) is 105 cm³/mol. The topological polar surface area (TPSA) is 98.3 Å². The molecule has 2 aromatic carbocycles. The van der Waals surface area contributed by atoms with Gasteiger partial charge in [0.15, 0.2) is 19.1 Å². The van der Waals surface area contributed by atoms with E-state index in [9.17, 15) is 9.46 Å². The van der Waals surface area contributed by atoms with Gasteiger partial charge in [0.2, 0.25) is 5.75 Å². The molecule has 0 spiro atoms. The Morgan fingerprint density at radius 3 is 1.96 bits per heavy atom. The minimum atomic E-state index is -4.34. The number of hydrogen-bond acceptors (Lipinski definition) is 8. The Morgan fingerprint density at radius 2 is 1.54 bits per heavy atom. The van der Waals surface area contributed by atoms with Gasteiger partial charge in [-0.15, -0.1) is 0 Å². The standard InChI is InChI=1S/C19H26NO7P/c1-6-27-28(21,22)19(20-14-7-9-15(23-2)10-8-14)13-11-16(24-3)18(26-5)17(12-13)25-4/h7-12,19-20H,6H2,1-5H3,(H,21,22)/p-1. The second-order valence-corrected chi connectivity index (χ2v) is 7.55. The third kappa shape index (κ3) is 4.90. The Balaban J connectivity index is 2.53. The van der Waals surface area contributed by atoms with E-state index >= 15 is 0 Å². The van der Waals surface area contributed by atoms with Gasteiger partial charge in [-0.2, -0.15) is 0 Å². The molecule has 0 radical (unpaired) electrons. The average molecular weight is 410 g/mol. The molecule has 0 aromatic heterocycles. The highest BCUT2D eigenvalue weighted by Gasteiger charge is 2.28. The van der Waals surface area contributed by atoms with Crippen molar-refractivity contribution in [3.05, 3.63) is 42.0 Å². The van der Waals surface area contributed by atoms with Gasteiger partial charge >= 0.3 is 0 Å². The van der Waals surface area contributed by atoms with Gasteiger partial charge in [-0.1, -0.05) is 0 Å². The Kier molecular flexibility index (Phi) is 7.57. The number of benzene rings is 2. The summed E-state index contributed by atoms with van der Waals surface area (Å²) in [6.45, 7) is 1.64. The maximum atomic E-state index is 12.8. The van der Waals surface area contributed by atoms with Crippen LogP contribution in [-0.4, -0.2) is 35.0 Å². The zero-order valence-electron chi connectivity index (χ0n) is 16.6. The molecule has 1 N–H and O–H groups in total. The van der Waals surface area contributed by atoms with Crippen molar-refractivity contribution < 1.29 is 32.9 Å². The third-order valence-corrected chi connectivity index (χ3v) is 5.70. The van der Waals surface area contributed by atoms with Crippen LogP contribution in [0.15, 0.2) is 36.4 Å². The summed E-state index contributed by atoms with van der Waals surface area (Å²) in [6, 6.07) is 10.0. The molecule has 0 fully saturated rings. The fourth-order valence-corrected chi connectivity index (χ4v) is 4.03. The lowest BCUT2D eigenvalue weighted by Gasteiger charge is -2.33. The second-order valence-electron chi connectivity index (χ2n) is 5.69. The van der Waals surface area contributed by atoms with E-state index in [1.54, 1.807) is 50.4 Å². The van der Waals surface area contributed by atoms with Gasteiger partial charge in [0.1, 0.15) is 11.5 Å². The molecule has 28 heavy (non-hydrogen) atoms. The van der Waals surface area contributed by atoms with Crippen LogP contribution in [0.5, 0.6) is 23.0 Å². The molecule has 0 aliphatic rings. The van der Waals surface area contributed by atoms with Crippen LogP contribution in [-0.2, 0) is 9.09 Å². The van der Waals surface area contributed by atoms with Gasteiger partial charge in [0.25, 0.3) is 0 Å². The molecule has 0 saturated carbocycles. The quantitative estimate of drug-likeness (QED) is 0.595. The molecule has 0 saturated heterocycles. The van der Waals surface area contributed by atoms with E-state index in [1.807, 2.05) is 0 Å². The Bertz CT molecular complexity index is 801. The summed E-state index contributed by atoms with van der Waals surface area (Å²) in [5.74, 6) is 0.540. The lowest BCUT2D eigenvalue weighted by molar-refractivity contribution is -0.200. The molecule has 0 heterocycles. The largest absolute Gasteiger partial charge is 0.777 e. The first-order valence-corrected chi connectivity index (χ1v) is 10.2. The maximum absolute atomic E-state index is 12.8. The van der Waals surface area contributed by atoms with Gasteiger partial charge < -0.3 is 38.2 Å². The van der Waals surface area contributed by atoms with Crippen molar-refractivity contribution in [3.8, 4) is 23.0 Å². The zero-order chi connectivity index (χ0) is 20.7. The van der Waals surface area contributed by atoms with Crippen molar-refractivity contribution in [1.29, 1.82) is 0 Å². The summed E-state index contributed by atoms with van der Waals surface area (Å²) in [4.78, 5) is 12.8. The van der Waals surface area contributed by atoms with Crippen molar-refractivity contribution in [2.24, 2.45) is 0 Å². The second kappa shape index (κ2) is 9.68. The van der Waals surface area contributed by atoms with E-state index in [0.717, 1.165) is 0 Å². The lowest BCUT2D eigenvalue weighted by atomic mass is 10.1. The first kappa shape index (κ1) is 21.9. The molecule has 2 rings (SSSR count). The van der Waals surface area contributed by atoms with Crippen LogP contribution in [0, 0.1) is 0 Å². The molecule has 2 aromatic rings. The van der Waals surface area contributed by atoms with Crippen molar-refractivity contribution in [2.75, 3.05) is 40.4 Å². The van der Waals surface area contributed by atoms with Gasteiger partial charge in [0, 0.05) is 5.69 Å². The smallest absolute Gasteiger partial charge is 0.203 e. The molecule has 0 bridgehead atoms. The van der Waals surface area contributed by atoms with Gasteiger partial charge in [-0.05, 0) is 48.9 Å². The molecule has 0 amide bonds. The molecule has 0 aliphatic carbocycles. The summed E-state index contributed by atoms with van der Waals surface area (Å²) in [7, 11) is 1.63. The Hall–Kier alpha value is -2.41. The minimum Gasteiger partial charge on any atom is -0.777 e. The van der Waals surface area contributed by atoms with Crippen LogP contribution in [0.3, 0.4) is 0 Å². The van der Waals surface area contributed by atoms with Crippen molar-refractivity contribution >= 4 is 13.3 Å². The van der Waals surface area contributed by atoms with E-state index in [0.29, 0.717) is 34.2 Å². The number of rotatable bonds is 10. The monoisotopic (exact) mass is 410 g/mol. The summed E-state index contributed by atoms with van der Waals surface area (Å²) >= 11 is 0. The van der Waals surface area contributed by atoms with E-state index in [1.165, 1.54) is 21.3 Å². The highest BCUT2D eigenvalue weighted by Crippen LogP contribution is 2.54. The summed E-state index contributed by atoms with van der Waals surface area (Å²) in [5, 5.41) is 3.00. The van der Waals surface area contributed by atoms with E-state index in [2.05, 4.69) is 5.32 Å². The fraction of sp³-hybridized carbons (Fsp3) is 0.368. The minimum absolute atomic E-state index is 0.0198. The molecule has 2 unspecified atom stereocenters. The third-order valence-electron chi connectivity index (χ3n) is 4.02. The average Bonchev–Trinajstić information content (AvgIpc) is 2.71. The molecule has 2 atom stereocenters. The predicted octanol–water partition coefficient (Wildman–Crippen LogP) is 3.42. The number of nitrogens with one attached hydrogen (secondary N) is 1. The first-order valence-electron chi connectivity index (χ1n) is 8.55. The van der Waals surface area contributed by atoms with Gasteiger partial charge in [0.05, 0.1) is 35.0 Å². The van der Waals surface area contributed by atoms with Crippen molar-refractivity contribution in [2.45, 2.75) is 12.7 Å². The van der Waals surface area contributed by atoms with Crippen LogP contribution in [0.4, 0.5) is 5.69 Å². The van der Waals surface area contributed by atoms with Crippen LogP contribution < -0.4 is 29.2 Å². The van der Waals surface area contributed by atoms with Crippen molar-refractivity contribution in [1.82, 2.24) is 0 Å². The van der Waals surface area contributed by atoms with Crippen molar-refractivity contribution in [3.63, 3.8) is 0 Å². The number of hydrogen-bond donors (Lipinski definition) is 1. The molecule has 8 nitrogen and oxygen atoms in total. The summed E-state index contributed by atoms with van der Waals surface area (Å²) in [6.07, 6.45) is 0. The van der Waals surface area contributed by atoms with Crippen LogP contribution in [0.1, 0.15) is 18.3 Å². The molecule has 9 heteroatoms. The normalized spacial score (nSPS) is 13.9. The van der Waals surface area contributed by atoms with E-state index in [-0.39, 0.29) is 6.61 Å². The molecule has 0 aliphatic heterocycles. The van der Waals surface area contributed by atoms with Gasteiger partial charge in [-0.25, -0.2) is 0 Å². The van der Waals surface area contributed by atoms with Gasteiger partial charge in [-0.3, -0.25) is 0 Å². The zero-order valence-corrected chi connectivity index (χ0v) is 17.4. The maximum Gasteiger partial charge on any atom is 0.203 e. The highest BCUT2D eigenvalue weighted by molar-refractivity contribution is 7.51. The summed E-state index contributed by atoms with van der Waals surface area (Å²) < 4.78 is 39.0.